The number of esters is 1. The van der Waals surface area contributed by atoms with E-state index in [0.717, 1.165) is 0 Å². The first-order valence-electron chi connectivity index (χ1n) is 5.75. The van der Waals surface area contributed by atoms with E-state index in [1.807, 2.05) is 0 Å². The Kier molecular flexibility index (Phi) is 5.05. The van der Waals surface area contributed by atoms with Crippen molar-refractivity contribution >= 4 is 17.8 Å². The molecule has 0 aliphatic heterocycles. The van der Waals surface area contributed by atoms with Crippen molar-refractivity contribution in [3.05, 3.63) is 35.4 Å². The Morgan fingerprint density at radius 3 is 2.42 bits per heavy atom. The summed E-state index contributed by atoms with van der Waals surface area (Å²) in [6.45, 7) is 1.97. The number of carbonyl (C=O) groups excluding carboxylic acids is 3. The van der Waals surface area contributed by atoms with E-state index < -0.39 is 11.9 Å². The van der Waals surface area contributed by atoms with Crippen LogP contribution < -0.4 is 5.73 Å². The van der Waals surface area contributed by atoms with Gasteiger partial charge in [0.1, 0.15) is 6.54 Å². The van der Waals surface area contributed by atoms with Crippen LogP contribution in [0, 0.1) is 0 Å². The van der Waals surface area contributed by atoms with E-state index in [-0.39, 0.29) is 18.0 Å². The van der Waals surface area contributed by atoms with Gasteiger partial charge in [-0.3, -0.25) is 14.4 Å². The molecule has 1 aromatic rings. The van der Waals surface area contributed by atoms with Gasteiger partial charge in [0.25, 0.3) is 5.91 Å². The average Bonchev–Trinajstić information content (AvgIpc) is 2.43. The summed E-state index contributed by atoms with van der Waals surface area (Å²) in [7, 11) is 1.26. The molecule has 2 amide bonds. The summed E-state index contributed by atoms with van der Waals surface area (Å²) in [4.78, 5) is 35.8. The summed E-state index contributed by atoms with van der Waals surface area (Å²) in [5.74, 6) is -1.46. The second-order valence-electron chi connectivity index (χ2n) is 3.84. The van der Waals surface area contributed by atoms with Crippen LogP contribution in [0.4, 0.5) is 0 Å². The van der Waals surface area contributed by atoms with E-state index in [4.69, 9.17) is 5.73 Å². The summed E-state index contributed by atoms with van der Waals surface area (Å²) < 4.78 is 4.52. The van der Waals surface area contributed by atoms with Gasteiger partial charge < -0.3 is 15.4 Å². The maximum atomic E-state index is 12.2. The van der Waals surface area contributed by atoms with Gasteiger partial charge in [-0.1, -0.05) is 6.07 Å². The van der Waals surface area contributed by atoms with Gasteiger partial charge in [0.2, 0.25) is 5.91 Å². The number of methoxy groups -OCH3 is 1. The minimum Gasteiger partial charge on any atom is -0.468 e. The molecular formula is C13H16N2O4. The maximum absolute atomic E-state index is 12.2. The fraction of sp³-hybridized carbons (Fsp3) is 0.308. The predicted octanol–water partition coefficient (Wildman–Crippen LogP) is 0.421. The number of nitrogens with two attached hydrogens (primary N) is 1. The Hall–Kier alpha value is -2.37. The lowest BCUT2D eigenvalue weighted by molar-refractivity contribution is -0.141. The van der Waals surface area contributed by atoms with Crippen molar-refractivity contribution in [3.63, 3.8) is 0 Å². The third-order valence-corrected chi connectivity index (χ3v) is 2.61. The van der Waals surface area contributed by atoms with Crippen molar-refractivity contribution in [2.24, 2.45) is 5.73 Å². The Balaban J connectivity index is 2.94. The van der Waals surface area contributed by atoms with Gasteiger partial charge >= 0.3 is 5.97 Å². The molecule has 0 aliphatic rings. The zero-order valence-electron chi connectivity index (χ0n) is 10.9. The molecule has 0 atom stereocenters. The molecule has 0 unspecified atom stereocenters. The zero-order chi connectivity index (χ0) is 14.4. The summed E-state index contributed by atoms with van der Waals surface area (Å²) in [6.07, 6.45) is 0. The van der Waals surface area contributed by atoms with Crippen LogP contribution in [0.5, 0.6) is 0 Å². The molecule has 0 saturated carbocycles. The SMILES string of the molecule is CCN(CC(=O)OC)C(=O)c1cccc(C(N)=O)c1. The lowest BCUT2D eigenvalue weighted by Crippen LogP contribution is -2.36. The Labute approximate surface area is 111 Å². The molecule has 0 heterocycles. The summed E-state index contributed by atoms with van der Waals surface area (Å²) in [5.41, 5.74) is 5.71. The smallest absolute Gasteiger partial charge is 0.325 e. The molecule has 0 radical (unpaired) electrons. The summed E-state index contributed by atoms with van der Waals surface area (Å²) in [5, 5.41) is 0. The fourth-order valence-corrected chi connectivity index (χ4v) is 1.54. The van der Waals surface area contributed by atoms with Crippen LogP contribution in [0.3, 0.4) is 0 Å². The molecule has 0 aliphatic carbocycles. The van der Waals surface area contributed by atoms with Crippen LogP contribution in [0.25, 0.3) is 0 Å². The topological polar surface area (TPSA) is 89.7 Å². The highest BCUT2D eigenvalue weighted by Crippen LogP contribution is 2.08. The van der Waals surface area contributed by atoms with Crippen molar-refractivity contribution in [3.8, 4) is 0 Å². The average molecular weight is 264 g/mol. The molecule has 0 aromatic heterocycles. The Morgan fingerprint density at radius 2 is 1.89 bits per heavy atom. The number of primary amides is 1. The number of carbonyl (C=O) groups is 3. The minimum atomic E-state index is -0.606. The highest BCUT2D eigenvalue weighted by molar-refractivity contribution is 5.99. The van der Waals surface area contributed by atoms with E-state index in [1.54, 1.807) is 19.1 Å². The molecule has 6 nitrogen and oxygen atoms in total. The van der Waals surface area contributed by atoms with Crippen molar-refractivity contribution in [1.82, 2.24) is 4.90 Å². The second-order valence-corrected chi connectivity index (χ2v) is 3.84. The number of benzene rings is 1. The normalized spacial score (nSPS) is 9.79. The molecule has 0 bridgehead atoms. The standard InChI is InChI=1S/C13H16N2O4/c1-3-15(8-11(16)19-2)13(18)10-6-4-5-9(7-10)12(14)17/h4-7H,3,8H2,1-2H3,(H2,14,17). The summed E-state index contributed by atoms with van der Waals surface area (Å²) >= 11 is 0. The second kappa shape index (κ2) is 6.53. The van der Waals surface area contributed by atoms with Crippen molar-refractivity contribution < 1.29 is 19.1 Å². The van der Waals surface area contributed by atoms with Crippen LogP contribution in [-0.4, -0.2) is 42.9 Å². The molecule has 19 heavy (non-hydrogen) atoms. The van der Waals surface area contributed by atoms with Crippen LogP contribution in [-0.2, 0) is 9.53 Å². The number of likely N-dealkylation sites (N-methyl/N-ethyl adjacent to an activating group) is 1. The third-order valence-electron chi connectivity index (χ3n) is 2.61. The third kappa shape index (κ3) is 3.80. The fourth-order valence-electron chi connectivity index (χ4n) is 1.54. The first-order valence-corrected chi connectivity index (χ1v) is 5.75. The van der Waals surface area contributed by atoms with Gasteiger partial charge in [-0.2, -0.15) is 0 Å². The first kappa shape index (κ1) is 14.7. The molecular weight excluding hydrogens is 248 g/mol. The molecule has 0 saturated heterocycles. The molecule has 0 spiro atoms. The largest absolute Gasteiger partial charge is 0.468 e. The number of hydrogen-bond donors (Lipinski definition) is 1. The van der Waals surface area contributed by atoms with Gasteiger partial charge in [0, 0.05) is 17.7 Å². The number of nitrogens with zero attached hydrogens (tertiary/aromatic N) is 1. The molecule has 0 fully saturated rings. The van der Waals surface area contributed by atoms with Crippen molar-refractivity contribution in [2.45, 2.75) is 6.92 Å². The number of ether oxygens (including phenoxy) is 1. The van der Waals surface area contributed by atoms with Crippen LogP contribution in [0.2, 0.25) is 0 Å². The lowest BCUT2D eigenvalue weighted by atomic mass is 10.1. The van der Waals surface area contributed by atoms with Gasteiger partial charge in [-0.05, 0) is 25.1 Å². The van der Waals surface area contributed by atoms with Crippen LogP contribution in [0.1, 0.15) is 27.6 Å². The van der Waals surface area contributed by atoms with Crippen LogP contribution in [0.15, 0.2) is 24.3 Å². The lowest BCUT2D eigenvalue weighted by Gasteiger charge is -2.19. The zero-order valence-corrected chi connectivity index (χ0v) is 10.9. The van der Waals surface area contributed by atoms with Gasteiger partial charge in [-0.25, -0.2) is 0 Å². The maximum Gasteiger partial charge on any atom is 0.325 e. The van der Waals surface area contributed by atoms with Crippen molar-refractivity contribution in [2.75, 3.05) is 20.2 Å². The van der Waals surface area contributed by atoms with E-state index in [0.29, 0.717) is 12.1 Å². The molecule has 1 aromatic carbocycles. The van der Waals surface area contributed by atoms with Crippen molar-refractivity contribution in [1.29, 1.82) is 0 Å². The molecule has 2 N–H and O–H groups in total. The minimum absolute atomic E-state index is 0.132. The van der Waals surface area contributed by atoms with E-state index >= 15 is 0 Å². The number of hydrogen-bond acceptors (Lipinski definition) is 4. The van der Waals surface area contributed by atoms with Gasteiger partial charge in [0.15, 0.2) is 0 Å². The Bertz CT molecular complexity index is 499. The molecule has 1 rings (SSSR count). The molecule has 6 heteroatoms. The highest BCUT2D eigenvalue weighted by atomic mass is 16.5. The first-order chi connectivity index (χ1) is 8.99. The summed E-state index contributed by atoms with van der Waals surface area (Å²) in [6, 6.07) is 6.06. The number of amides is 2. The predicted molar refractivity (Wildman–Crippen MR) is 68.6 cm³/mol. The number of rotatable bonds is 5. The monoisotopic (exact) mass is 264 g/mol. The van der Waals surface area contributed by atoms with Gasteiger partial charge in [-0.15, -0.1) is 0 Å². The van der Waals surface area contributed by atoms with E-state index in [9.17, 15) is 14.4 Å². The van der Waals surface area contributed by atoms with Crippen LogP contribution >= 0.6 is 0 Å². The van der Waals surface area contributed by atoms with E-state index in [1.165, 1.54) is 24.1 Å². The van der Waals surface area contributed by atoms with E-state index in [2.05, 4.69) is 4.74 Å². The van der Waals surface area contributed by atoms with Gasteiger partial charge in [0.05, 0.1) is 7.11 Å². The Morgan fingerprint density at radius 1 is 1.26 bits per heavy atom. The highest BCUT2D eigenvalue weighted by Gasteiger charge is 2.18. The molecule has 102 valence electrons. The quantitative estimate of drug-likeness (QED) is 0.780.